The molecular weight excluding hydrogens is 512 g/mol. The van der Waals surface area contributed by atoms with Crippen molar-refractivity contribution in [3.8, 4) is 11.8 Å². The Morgan fingerprint density at radius 1 is 1.14 bits per heavy atom. The SMILES string of the molecule is Cc1cc(S(=O)(=O)N2c3ccccc3NC(=O)[C@H]2CC(=O)NCCC#Cc2ccccn2)c(C)cc1Cl. The lowest BCUT2D eigenvalue weighted by molar-refractivity contribution is -0.125. The van der Waals surface area contributed by atoms with Gasteiger partial charge in [0.2, 0.25) is 11.8 Å². The van der Waals surface area contributed by atoms with Gasteiger partial charge in [0.25, 0.3) is 10.0 Å². The zero-order valence-corrected chi connectivity index (χ0v) is 21.9. The number of hydrogen-bond acceptors (Lipinski definition) is 5. The van der Waals surface area contributed by atoms with E-state index in [1.165, 1.54) is 6.07 Å². The largest absolute Gasteiger partial charge is 0.355 e. The summed E-state index contributed by atoms with van der Waals surface area (Å²) < 4.78 is 28.9. The molecule has 190 valence electrons. The van der Waals surface area contributed by atoms with Crippen LogP contribution in [0.15, 0.2) is 65.7 Å². The van der Waals surface area contributed by atoms with Crippen molar-refractivity contribution in [1.82, 2.24) is 10.3 Å². The average molecular weight is 537 g/mol. The predicted molar refractivity (Wildman–Crippen MR) is 143 cm³/mol. The molecule has 0 bridgehead atoms. The molecular formula is C27H25ClN4O4S. The maximum absolute atomic E-state index is 14.0. The zero-order chi connectivity index (χ0) is 26.6. The second kappa shape index (κ2) is 11.0. The molecule has 2 amide bonds. The second-order valence-corrected chi connectivity index (χ2v) is 10.7. The first-order chi connectivity index (χ1) is 17.7. The van der Waals surface area contributed by atoms with Crippen LogP contribution in [-0.4, -0.2) is 37.8 Å². The van der Waals surface area contributed by atoms with Crippen molar-refractivity contribution >= 4 is 44.8 Å². The van der Waals surface area contributed by atoms with E-state index in [2.05, 4.69) is 27.5 Å². The van der Waals surface area contributed by atoms with E-state index >= 15 is 0 Å². The molecule has 1 aliphatic heterocycles. The fourth-order valence-electron chi connectivity index (χ4n) is 3.97. The molecule has 8 nitrogen and oxygen atoms in total. The summed E-state index contributed by atoms with van der Waals surface area (Å²) in [5, 5.41) is 5.88. The Bertz CT molecular complexity index is 1510. The van der Waals surface area contributed by atoms with Crippen LogP contribution in [0.3, 0.4) is 0 Å². The van der Waals surface area contributed by atoms with Gasteiger partial charge in [-0.15, -0.1) is 0 Å². The Morgan fingerprint density at radius 2 is 1.89 bits per heavy atom. The van der Waals surface area contributed by atoms with Crippen LogP contribution in [-0.2, 0) is 19.6 Å². The van der Waals surface area contributed by atoms with Gasteiger partial charge in [0.15, 0.2) is 0 Å². The number of carbonyl (C=O) groups excluding carboxylic acids is 2. The molecule has 0 spiro atoms. The number of pyridine rings is 1. The zero-order valence-electron chi connectivity index (χ0n) is 20.3. The molecule has 0 saturated heterocycles. The van der Waals surface area contributed by atoms with Crippen molar-refractivity contribution in [3.05, 3.63) is 82.6 Å². The molecule has 1 aromatic heterocycles. The molecule has 0 unspecified atom stereocenters. The molecule has 3 aromatic rings. The minimum Gasteiger partial charge on any atom is -0.355 e. The van der Waals surface area contributed by atoms with Crippen LogP contribution in [0.1, 0.15) is 29.7 Å². The van der Waals surface area contributed by atoms with Crippen LogP contribution in [0, 0.1) is 25.7 Å². The van der Waals surface area contributed by atoms with E-state index in [4.69, 9.17) is 11.6 Å². The van der Waals surface area contributed by atoms with Crippen LogP contribution < -0.4 is 14.9 Å². The number of benzene rings is 2. The third-order valence-corrected chi connectivity index (χ3v) is 8.18. The van der Waals surface area contributed by atoms with Gasteiger partial charge in [-0.25, -0.2) is 13.4 Å². The monoisotopic (exact) mass is 536 g/mol. The maximum atomic E-state index is 14.0. The van der Waals surface area contributed by atoms with Crippen molar-refractivity contribution < 1.29 is 18.0 Å². The lowest BCUT2D eigenvalue weighted by Gasteiger charge is -2.37. The third kappa shape index (κ3) is 5.77. The highest BCUT2D eigenvalue weighted by atomic mass is 35.5. The summed E-state index contributed by atoms with van der Waals surface area (Å²) in [6.45, 7) is 3.59. The van der Waals surface area contributed by atoms with Gasteiger partial charge in [0, 0.05) is 24.2 Å². The van der Waals surface area contributed by atoms with Gasteiger partial charge in [0.1, 0.15) is 11.7 Å². The molecule has 2 N–H and O–H groups in total. The van der Waals surface area contributed by atoms with E-state index < -0.39 is 27.9 Å². The minimum absolute atomic E-state index is 0.0223. The van der Waals surface area contributed by atoms with E-state index in [9.17, 15) is 18.0 Å². The van der Waals surface area contributed by atoms with Crippen LogP contribution in [0.25, 0.3) is 0 Å². The van der Waals surface area contributed by atoms with Gasteiger partial charge in [0.05, 0.1) is 22.7 Å². The summed E-state index contributed by atoms with van der Waals surface area (Å²) in [6, 6.07) is 13.8. The van der Waals surface area contributed by atoms with E-state index in [1.807, 2.05) is 6.07 Å². The summed E-state index contributed by atoms with van der Waals surface area (Å²) in [5.41, 5.74) is 2.28. The first kappa shape index (κ1) is 26.2. The first-order valence-corrected chi connectivity index (χ1v) is 13.4. The van der Waals surface area contributed by atoms with Crippen LogP contribution in [0.5, 0.6) is 0 Å². The number of aromatic nitrogens is 1. The first-order valence-electron chi connectivity index (χ1n) is 11.6. The van der Waals surface area contributed by atoms with Gasteiger partial charge in [-0.2, -0.15) is 0 Å². The number of aryl methyl sites for hydroxylation is 2. The Morgan fingerprint density at radius 3 is 2.65 bits per heavy atom. The second-order valence-electron chi connectivity index (χ2n) is 8.51. The normalized spacial score (nSPS) is 14.7. The summed E-state index contributed by atoms with van der Waals surface area (Å²) >= 11 is 6.19. The number of anilines is 2. The Hall–Kier alpha value is -3.87. The number of halogens is 1. The average Bonchev–Trinajstić information content (AvgIpc) is 2.86. The number of nitrogens with one attached hydrogen (secondary N) is 2. The third-order valence-electron chi connectivity index (χ3n) is 5.81. The lowest BCUT2D eigenvalue weighted by atomic mass is 10.1. The number of para-hydroxylation sites is 2. The van der Waals surface area contributed by atoms with Crippen molar-refractivity contribution in [3.63, 3.8) is 0 Å². The smallest absolute Gasteiger partial charge is 0.265 e. The minimum atomic E-state index is -4.23. The number of amides is 2. The molecule has 2 aromatic carbocycles. The van der Waals surface area contributed by atoms with Gasteiger partial charge in [-0.1, -0.05) is 35.7 Å². The fraction of sp³-hybridized carbons (Fsp3) is 0.222. The van der Waals surface area contributed by atoms with Gasteiger partial charge >= 0.3 is 0 Å². The Labute approximate surface area is 221 Å². The topological polar surface area (TPSA) is 108 Å². The molecule has 0 fully saturated rings. The van der Waals surface area contributed by atoms with E-state index in [1.54, 1.807) is 62.5 Å². The van der Waals surface area contributed by atoms with Crippen molar-refractivity contribution in [2.24, 2.45) is 0 Å². The van der Waals surface area contributed by atoms with Crippen LogP contribution >= 0.6 is 11.6 Å². The van der Waals surface area contributed by atoms with Gasteiger partial charge in [-0.3, -0.25) is 13.9 Å². The van der Waals surface area contributed by atoms with E-state index in [-0.39, 0.29) is 23.5 Å². The van der Waals surface area contributed by atoms with Crippen LogP contribution in [0.2, 0.25) is 5.02 Å². The molecule has 0 radical (unpaired) electrons. The quantitative estimate of drug-likeness (QED) is 0.368. The van der Waals surface area contributed by atoms with E-state index in [0.717, 1.165) is 4.31 Å². The number of rotatable bonds is 6. The Kier molecular flexibility index (Phi) is 7.81. The fourth-order valence-corrected chi connectivity index (χ4v) is 6.12. The summed E-state index contributed by atoms with van der Waals surface area (Å²) in [5.74, 6) is 4.78. The number of fused-ring (bicyclic) bond motifs is 1. The molecule has 2 heterocycles. The van der Waals surface area contributed by atoms with Crippen molar-refractivity contribution in [2.45, 2.75) is 37.6 Å². The summed E-state index contributed by atoms with van der Waals surface area (Å²) in [6.07, 6.45) is 1.65. The highest BCUT2D eigenvalue weighted by Gasteiger charge is 2.42. The molecule has 37 heavy (non-hydrogen) atoms. The molecule has 0 aliphatic carbocycles. The number of carbonyl (C=O) groups is 2. The lowest BCUT2D eigenvalue weighted by Crippen LogP contribution is -2.52. The molecule has 4 rings (SSSR count). The number of sulfonamides is 1. The van der Waals surface area contributed by atoms with Crippen molar-refractivity contribution in [1.29, 1.82) is 0 Å². The predicted octanol–water partition coefficient (Wildman–Crippen LogP) is 3.82. The van der Waals surface area contributed by atoms with E-state index in [0.29, 0.717) is 34.0 Å². The molecule has 10 heteroatoms. The Balaban J connectivity index is 1.57. The molecule has 1 atom stereocenters. The number of nitrogens with zero attached hydrogens (tertiary/aromatic N) is 2. The van der Waals surface area contributed by atoms with Crippen molar-refractivity contribution in [2.75, 3.05) is 16.2 Å². The molecule has 1 aliphatic rings. The maximum Gasteiger partial charge on any atom is 0.265 e. The highest BCUT2D eigenvalue weighted by Crippen LogP contribution is 2.38. The van der Waals surface area contributed by atoms with Gasteiger partial charge in [-0.05, 0) is 67.3 Å². The number of hydrogen-bond donors (Lipinski definition) is 2. The standard InChI is InChI=1S/C27H25ClN4O4S/c1-18-16-25(19(2)15-21(18)28)37(35,36)32-23-12-4-3-11-22(23)31-27(34)24(32)17-26(33)30-14-8-6-10-20-9-5-7-13-29-20/h3-5,7,9,11-13,15-16,24H,8,14,17H2,1-2H3,(H,30,33)(H,31,34)/t24-/m1/s1. The summed E-state index contributed by atoms with van der Waals surface area (Å²) in [7, 11) is -4.23. The molecule has 0 saturated carbocycles. The summed E-state index contributed by atoms with van der Waals surface area (Å²) in [4.78, 5) is 30.0. The van der Waals surface area contributed by atoms with Crippen LogP contribution in [0.4, 0.5) is 11.4 Å². The highest BCUT2D eigenvalue weighted by molar-refractivity contribution is 7.93. The van der Waals surface area contributed by atoms with Gasteiger partial charge < -0.3 is 10.6 Å².